The maximum absolute atomic E-state index is 2.59. The highest BCUT2D eigenvalue weighted by Gasteiger charge is 2.54. The van der Waals surface area contributed by atoms with Gasteiger partial charge >= 0.3 is 0 Å². The number of benzene rings is 8. The summed E-state index contributed by atoms with van der Waals surface area (Å²) in [4.78, 5) is 0. The monoisotopic (exact) mass is 742 g/mol. The molecule has 2 aromatic heterocycles. The Labute approximate surface area is 339 Å². The number of allylic oxidation sites excluding steroid dienone is 1. The molecule has 2 nitrogen and oxygen atoms in total. The van der Waals surface area contributed by atoms with Gasteiger partial charge in [0, 0.05) is 49.3 Å². The second-order valence-electron chi connectivity index (χ2n) is 17.2. The van der Waals surface area contributed by atoms with Gasteiger partial charge in [0.2, 0.25) is 0 Å². The molecule has 8 aromatic carbocycles. The van der Waals surface area contributed by atoms with E-state index in [-0.39, 0.29) is 10.8 Å². The number of hydrogen-bond donors (Lipinski definition) is 0. The molecule has 1 unspecified atom stereocenters. The molecule has 12 rings (SSSR count). The van der Waals surface area contributed by atoms with E-state index in [1.165, 1.54) is 99.4 Å². The second-order valence-corrected chi connectivity index (χ2v) is 17.2. The quantitative estimate of drug-likeness (QED) is 0.170. The van der Waals surface area contributed by atoms with Crippen LogP contribution in [0, 0.1) is 5.41 Å². The highest BCUT2D eigenvalue weighted by Crippen LogP contribution is 2.63. The number of rotatable bonds is 4. The van der Waals surface area contributed by atoms with Gasteiger partial charge in [-0.2, -0.15) is 0 Å². The van der Waals surface area contributed by atoms with Crippen LogP contribution in [0.25, 0.3) is 88.8 Å². The Bertz CT molecular complexity index is 3330. The fourth-order valence-electron chi connectivity index (χ4n) is 10.7. The van der Waals surface area contributed by atoms with Crippen LogP contribution in [0.2, 0.25) is 0 Å². The van der Waals surface area contributed by atoms with Crippen molar-refractivity contribution in [2.45, 2.75) is 32.6 Å². The average Bonchev–Trinajstić information content (AvgIpc) is 3.83. The minimum Gasteiger partial charge on any atom is -0.312 e. The molecule has 0 N–H and O–H groups in total. The van der Waals surface area contributed by atoms with Gasteiger partial charge in [0.25, 0.3) is 0 Å². The maximum atomic E-state index is 2.59. The van der Waals surface area contributed by atoms with Crippen LogP contribution in [0.5, 0.6) is 0 Å². The van der Waals surface area contributed by atoms with Gasteiger partial charge in [-0.05, 0) is 105 Å². The number of hydrogen-bond acceptors (Lipinski definition) is 0. The van der Waals surface area contributed by atoms with Crippen molar-refractivity contribution in [1.82, 2.24) is 9.13 Å². The molecule has 0 radical (unpaired) electrons. The molecule has 1 atom stereocenters. The Hall–Kier alpha value is -6.90. The molecule has 0 bridgehead atoms. The number of para-hydroxylation sites is 1. The topological polar surface area (TPSA) is 9.86 Å². The van der Waals surface area contributed by atoms with E-state index in [4.69, 9.17) is 0 Å². The third kappa shape index (κ3) is 4.54. The van der Waals surface area contributed by atoms with Crippen LogP contribution in [0.15, 0.2) is 182 Å². The SMILES string of the molecule is CC12Cc3c(c4cc(-c5ccc6c(c5)c5ccccc5n6-c5ccc(-c6ccccc6)cc5)ccc4n3-c3cccc4ccccc34)C=C1c1ccccc1C2(C)C. The average molecular weight is 743 g/mol. The molecule has 0 saturated carbocycles. The lowest BCUT2D eigenvalue weighted by molar-refractivity contribution is 0.264. The molecule has 0 aliphatic heterocycles. The van der Waals surface area contributed by atoms with Gasteiger partial charge in [-0.25, -0.2) is 0 Å². The standard InChI is InChI=1S/C56H42N2/c1-55(2)48-21-11-9-20-44(48)49-34-47-46-33-40(27-31-53(46)58(54(47)35-56(49,55)3)50-23-13-17-38-16-7-8-18-42(38)50)39-26-30-52-45(32-39)43-19-10-12-22-51(43)57(52)41-28-24-37(25-29-41)36-14-5-4-6-15-36/h4-34H,35H2,1-3H3. The lowest BCUT2D eigenvalue weighted by Gasteiger charge is -2.42. The summed E-state index contributed by atoms with van der Waals surface area (Å²) in [6.45, 7) is 7.41. The summed E-state index contributed by atoms with van der Waals surface area (Å²) in [5, 5.41) is 6.37. The van der Waals surface area contributed by atoms with Gasteiger partial charge in [0.1, 0.15) is 0 Å². The molecule has 2 heteroatoms. The Morgan fingerprint density at radius 1 is 0.448 bits per heavy atom. The fraction of sp³-hybridized carbons (Fsp3) is 0.107. The molecule has 0 spiro atoms. The molecule has 276 valence electrons. The van der Waals surface area contributed by atoms with Gasteiger partial charge in [0.05, 0.1) is 22.2 Å². The van der Waals surface area contributed by atoms with E-state index in [0.29, 0.717) is 0 Å². The van der Waals surface area contributed by atoms with Gasteiger partial charge in [-0.3, -0.25) is 0 Å². The fourth-order valence-corrected chi connectivity index (χ4v) is 10.7. The van der Waals surface area contributed by atoms with E-state index in [1.807, 2.05) is 0 Å². The predicted molar refractivity (Wildman–Crippen MR) is 245 cm³/mol. The van der Waals surface area contributed by atoms with Gasteiger partial charge in [-0.1, -0.05) is 154 Å². The molecule has 10 aromatic rings. The number of nitrogens with zero attached hydrogens (tertiary/aromatic N) is 2. The molecular formula is C56H42N2. The van der Waals surface area contributed by atoms with Crippen molar-refractivity contribution in [2.75, 3.05) is 0 Å². The van der Waals surface area contributed by atoms with E-state index in [0.717, 1.165) is 12.1 Å². The molecule has 2 aliphatic carbocycles. The van der Waals surface area contributed by atoms with E-state index in [1.54, 1.807) is 0 Å². The van der Waals surface area contributed by atoms with Crippen molar-refractivity contribution < 1.29 is 0 Å². The predicted octanol–water partition coefficient (Wildman–Crippen LogP) is 14.6. The van der Waals surface area contributed by atoms with Gasteiger partial charge < -0.3 is 9.13 Å². The van der Waals surface area contributed by atoms with Crippen molar-refractivity contribution in [2.24, 2.45) is 5.41 Å². The van der Waals surface area contributed by atoms with Crippen LogP contribution in [0.3, 0.4) is 0 Å². The number of fused-ring (bicyclic) bond motifs is 10. The minimum absolute atomic E-state index is 0.0170. The van der Waals surface area contributed by atoms with E-state index >= 15 is 0 Å². The lowest BCUT2D eigenvalue weighted by atomic mass is 9.61. The summed E-state index contributed by atoms with van der Waals surface area (Å²) in [7, 11) is 0. The summed E-state index contributed by atoms with van der Waals surface area (Å²) in [6.07, 6.45) is 3.51. The lowest BCUT2D eigenvalue weighted by Crippen LogP contribution is -2.38. The van der Waals surface area contributed by atoms with Crippen LogP contribution in [-0.2, 0) is 11.8 Å². The van der Waals surface area contributed by atoms with Crippen molar-refractivity contribution >= 4 is 55.1 Å². The summed E-state index contributed by atoms with van der Waals surface area (Å²) >= 11 is 0. The van der Waals surface area contributed by atoms with Crippen molar-refractivity contribution in [3.8, 4) is 33.6 Å². The van der Waals surface area contributed by atoms with Crippen LogP contribution in [-0.4, -0.2) is 9.13 Å². The zero-order valence-electron chi connectivity index (χ0n) is 33.0. The summed E-state index contributed by atoms with van der Waals surface area (Å²) in [6, 6.07) is 67.4. The van der Waals surface area contributed by atoms with Crippen molar-refractivity contribution in [3.63, 3.8) is 0 Å². The molecular weight excluding hydrogens is 701 g/mol. The Morgan fingerprint density at radius 3 is 1.86 bits per heavy atom. The summed E-state index contributed by atoms with van der Waals surface area (Å²) < 4.78 is 5.01. The van der Waals surface area contributed by atoms with Crippen molar-refractivity contribution in [1.29, 1.82) is 0 Å². The second kappa shape index (κ2) is 12.1. The Morgan fingerprint density at radius 2 is 1.05 bits per heavy atom. The van der Waals surface area contributed by atoms with Crippen LogP contribution >= 0.6 is 0 Å². The molecule has 0 saturated heterocycles. The highest BCUT2D eigenvalue weighted by atomic mass is 15.0. The zero-order chi connectivity index (χ0) is 38.8. The Kier molecular flexibility index (Phi) is 6.91. The third-order valence-electron chi connectivity index (χ3n) is 14.0. The molecule has 2 aliphatic rings. The summed E-state index contributed by atoms with van der Waals surface area (Å²) in [5.74, 6) is 0. The molecule has 58 heavy (non-hydrogen) atoms. The molecule has 2 heterocycles. The largest absolute Gasteiger partial charge is 0.312 e. The molecule has 0 amide bonds. The Balaban J connectivity index is 1.06. The maximum Gasteiger partial charge on any atom is 0.0541 e. The highest BCUT2D eigenvalue weighted by molar-refractivity contribution is 6.11. The van der Waals surface area contributed by atoms with Gasteiger partial charge in [0.15, 0.2) is 0 Å². The normalized spacial score (nSPS) is 16.8. The van der Waals surface area contributed by atoms with Gasteiger partial charge in [-0.15, -0.1) is 0 Å². The van der Waals surface area contributed by atoms with E-state index < -0.39 is 0 Å². The van der Waals surface area contributed by atoms with E-state index in [9.17, 15) is 0 Å². The first-order chi connectivity index (χ1) is 28.4. The first kappa shape index (κ1) is 33.3. The van der Waals surface area contributed by atoms with Crippen LogP contribution in [0.1, 0.15) is 43.2 Å². The zero-order valence-corrected chi connectivity index (χ0v) is 33.0. The number of aromatic nitrogens is 2. The minimum atomic E-state index is -0.0512. The van der Waals surface area contributed by atoms with E-state index in [2.05, 4.69) is 218 Å². The van der Waals surface area contributed by atoms with Crippen LogP contribution < -0.4 is 0 Å². The summed E-state index contributed by atoms with van der Waals surface area (Å²) in [5.41, 5.74) is 18.0. The smallest absolute Gasteiger partial charge is 0.0541 e. The first-order valence-electron chi connectivity index (χ1n) is 20.6. The third-order valence-corrected chi connectivity index (χ3v) is 14.0. The van der Waals surface area contributed by atoms with Crippen LogP contribution in [0.4, 0.5) is 0 Å². The molecule has 0 fully saturated rings. The van der Waals surface area contributed by atoms with Crippen molar-refractivity contribution in [3.05, 3.63) is 204 Å². The first-order valence-corrected chi connectivity index (χ1v) is 20.6.